The topological polar surface area (TPSA) is 87.1 Å². The lowest BCUT2D eigenvalue weighted by atomic mass is 10.2. The quantitative estimate of drug-likeness (QED) is 0.618. The lowest BCUT2D eigenvalue weighted by Gasteiger charge is -2.27. The molecule has 2 aromatic carbocycles. The SMILES string of the molecule is COc1ccc(OC)c2c1cc(C(=O)N1CCOCC1)n2S(=O)(=O)c1ccccc1. The van der Waals surface area contributed by atoms with E-state index in [9.17, 15) is 13.2 Å². The molecule has 0 unspecified atom stereocenters. The van der Waals surface area contributed by atoms with Gasteiger partial charge in [-0.2, -0.15) is 0 Å². The van der Waals surface area contributed by atoms with E-state index in [4.69, 9.17) is 14.2 Å². The number of rotatable bonds is 5. The minimum Gasteiger partial charge on any atom is -0.496 e. The number of hydrogen-bond acceptors (Lipinski definition) is 6. The van der Waals surface area contributed by atoms with Crippen molar-refractivity contribution in [3.8, 4) is 11.5 Å². The van der Waals surface area contributed by atoms with Crippen LogP contribution in [0.1, 0.15) is 10.5 Å². The molecule has 158 valence electrons. The number of amides is 1. The molecule has 0 aliphatic carbocycles. The number of hydrogen-bond donors (Lipinski definition) is 0. The molecule has 0 bridgehead atoms. The van der Waals surface area contributed by atoms with Gasteiger partial charge in [-0.15, -0.1) is 0 Å². The maximum absolute atomic E-state index is 13.7. The van der Waals surface area contributed by atoms with Crippen LogP contribution in [0.15, 0.2) is 53.4 Å². The summed E-state index contributed by atoms with van der Waals surface area (Å²) in [5.41, 5.74) is 0.288. The van der Waals surface area contributed by atoms with Gasteiger partial charge in [-0.1, -0.05) is 18.2 Å². The average molecular weight is 430 g/mol. The van der Waals surface area contributed by atoms with Gasteiger partial charge in [-0.05, 0) is 30.3 Å². The fraction of sp³-hybridized carbons (Fsp3) is 0.286. The van der Waals surface area contributed by atoms with Gasteiger partial charge in [0.05, 0.1) is 32.3 Å². The molecule has 0 atom stereocenters. The van der Waals surface area contributed by atoms with Gasteiger partial charge in [0.15, 0.2) is 0 Å². The fourth-order valence-corrected chi connectivity index (χ4v) is 5.13. The molecule has 8 nitrogen and oxygen atoms in total. The molecule has 1 aliphatic rings. The maximum Gasteiger partial charge on any atom is 0.271 e. The Morgan fingerprint density at radius 2 is 1.60 bits per heavy atom. The largest absolute Gasteiger partial charge is 0.496 e. The number of morpholine rings is 1. The Labute approximate surface area is 174 Å². The number of ether oxygens (including phenoxy) is 3. The average Bonchev–Trinajstić information content (AvgIpc) is 3.20. The van der Waals surface area contributed by atoms with E-state index in [0.29, 0.717) is 43.2 Å². The molecule has 0 radical (unpaired) electrons. The van der Waals surface area contributed by atoms with Crippen molar-refractivity contribution in [3.63, 3.8) is 0 Å². The normalized spacial score (nSPS) is 14.7. The van der Waals surface area contributed by atoms with E-state index in [0.717, 1.165) is 3.97 Å². The zero-order valence-corrected chi connectivity index (χ0v) is 17.5. The van der Waals surface area contributed by atoms with E-state index in [1.165, 1.54) is 26.4 Å². The first kappa shape index (κ1) is 20.2. The Bertz CT molecular complexity index is 1180. The van der Waals surface area contributed by atoms with Crippen LogP contribution in [0.4, 0.5) is 0 Å². The van der Waals surface area contributed by atoms with Gasteiger partial charge in [-0.3, -0.25) is 4.79 Å². The second-order valence-corrected chi connectivity index (χ2v) is 8.54. The summed E-state index contributed by atoms with van der Waals surface area (Å²) in [6, 6.07) is 12.9. The van der Waals surface area contributed by atoms with Gasteiger partial charge >= 0.3 is 0 Å². The highest BCUT2D eigenvalue weighted by Crippen LogP contribution is 2.38. The maximum atomic E-state index is 13.7. The highest BCUT2D eigenvalue weighted by atomic mass is 32.2. The Balaban J connectivity index is 2.03. The minimum atomic E-state index is -4.09. The molecule has 0 saturated carbocycles. The van der Waals surface area contributed by atoms with Crippen LogP contribution in [0.3, 0.4) is 0 Å². The monoisotopic (exact) mass is 430 g/mol. The summed E-state index contributed by atoms with van der Waals surface area (Å²) in [6.45, 7) is 1.59. The minimum absolute atomic E-state index is 0.0264. The number of fused-ring (bicyclic) bond motifs is 1. The second-order valence-electron chi connectivity index (χ2n) is 6.75. The molecule has 1 amide bonds. The Morgan fingerprint density at radius 1 is 0.967 bits per heavy atom. The molecular formula is C21H22N2O6S. The number of carbonyl (C=O) groups excluding carboxylic acids is 1. The van der Waals surface area contributed by atoms with Gasteiger partial charge in [-0.25, -0.2) is 12.4 Å². The van der Waals surface area contributed by atoms with Crippen LogP contribution in [0.2, 0.25) is 0 Å². The van der Waals surface area contributed by atoms with E-state index in [1.54, 1.807) is 41.3 Å². The highest BCUT2D eigenvalue weighted by molar-refractivity contribution is 7.90. The summed E-state index contributed by atoms with van der Waals surface area (Å²) in [6.07, 6.45) is 0. The van der Waals surface area contributed by atoms with Gasteiger partial charge < -0.3 is 19.1 Å². The van der Waals surface area contributed by atoms with Crippen molar-refractivity contribution in [2.45, 2.75) is 4.90 Å². The first-order valence-electron chi connectivity index (χ1n) is 9.43. The number of aromatic nitrogens is 1. The Kier molecular flexibility index (Phi) is 5.40. The second kappa shape index (κ2) is 8.00. The molecule has 30 heavy (non-hydrogen) atoms. The molecule has 1 saturated heterocycles. The van der Waals surface area contributed by atoms with Crippen LogP contribution < -0.4 is 9.47 Å². The molecular weight excluding hydrogens is 408 g/mol. The third-order valence-electron chi connectivity index (χ3n) is 5.08. The van der Waals surface area contributed by atoms with Gasteiger partial charge in [0.1, 0.15) is 22.7 Å². The van der Waals surface area contributed by atoms with Crippen molar-refractivity contribution in [2.24, 2.45) is 0 Å². The smallest absolute Gasteiger partial charge is 0.271 e. The van der Waals surface area contributed by atoms with E-state index < -0.39 is 15.9 Å². The van der Waals surface area contributed by atoms with Crippen LogP contribution in [-0.4, -0.2) is 63.7 Å². The predicted molar refractivity (Wildman–Crippen MR) is 111 cm³/mol. The predicted octanol–water partition coefficient (Wildman–Crippen LogP) is 2.37. The molecule has 0 N–H and O–H groups in total. The Morgan fingerprint density at radius 3 is 2.23 bits per heavy atom. The van der Waals surface area contributed by atoms with Crippen molar-refractivity contribution in [1.29, 1.82) is 0 Å². The summed E-state index contributed by atoms with van der Waals surface area (Å²) in [7, 11) is -1.14. The van der Waals surface area contributed by atoms with Crippen LogP contribution in [0.25, 0.3) is 10.9 Å². The molecule has 1 fully saturated rings. The molecule has 1 aromatic heterocycles. The van der Waals surface area contributed by atoms with Crippen LogP contribution >= 0.6 is 0 Å². The summed E-state index contributed by atoms with van der Waals surface area (Å²) in [4.78, 5) is 15.0. The fourth-order valence-electron chi connectivity index (χ4n) is 3.60. The zero-order valence-electron chi connectivity index (χ0n) is 16.7. The van der Waals surface area contributed by atoms with Crippen molar-refractivity contribution >= 4 is 26.8 Å². The highest BCUT2D eigenvalue weighted by Gasteiger charge is 2.32. The molecule has 1 aliphatic heterocycles. The van der Waals surface area contributed by atoms with Crippen molar-refractivity contribution in [3.05, 3.63) is 54.2 Å². The van der Waals surface area contributed by atoms with E-state index >= 15 is 0 Å². The zero-order chi connectivity index (χ0) is 21.3. The summed E-state index contributed by atoms with van der Waals surface area (Å²) in [5, 5.41) is 0.480. The molecule has 4 rings (SSSR count). The third-order valence-corrected chi connectivity index (χ3v) is 6.81. The van der Waals surface area contributed by atoms with E-state index in [-0.39, 0.29) is 16.1 Å². The standard InChI is InChI=1S/C21H22N2O6S/c1-27-18-8-9-19(28-2)20-16(18)14-17(21(24)22-10-12-29-13-11-22)23(20)30(25,26)15-6-4-3-5-7-15/h3-9,14H,10-13H2,1-2H3. The first-order valence-corrected chi connectivity index (χ1v) is 10.9. The number of benzene rings is 2. The number of nitrogens with zero attached hydrogens (tertiary/aromatic N) is 2. The summed E-state index contributed by atoms with van der Waals surface area (Å²) >= 11 is 0. The number of carbonyl (C=O) groups is 1. The Hall–Kier alpha value is -3.04. The number of methoxy groups -OCH3 is 2. The lowest BCUT2D eigenvalue weighted by molar-refractivity contribution is 0.0298. The van der Waals surface area contributed by atoms with Crippen molar-refractivity contribution in [1.82, 2.24) is 8.87 Å². The molecule has 2 heterocycles. The van der Waals surface area contributed by atoms with E-state index in [2.05, 4.69) is 0 Å². The summed E-state index contributed by atoms with van der Waals surface area (Å²) < 4.78 is 44.6. The lowest BCUT2D eigenvalue weighted by Crippen LogP contribution is -2.41. The van der Waals surface area contributed by atoms with Crippen LogP contribution in [0, 0.1) is 0 Å². The molecule has 9 heteroatoms. The molecule has 0 spiro atoms. The first-order chi connectivity index (χ1) is 14.5. The van der Waals surface area contributed by atoms with Crippen LogP contribution in [0.5, 0.6) is 11.5 Å². The van der Waals surface area contributed by atoms with Gasteiger partial charge in [0, 0.05) is 18.5 Å². The van der Waals surface area contributed by atoms with Crippen LogP contribution in [-0.2, 0) is 14.8 Å². The van der Waals surface area contributed by atoms with Gasteiger partial charge in [0.2, 0.25) is 0 Å². The third kappa shape index (κ3) is 3.29. The summed E-state index contributed by atoms with van der Waals surface area (Å²) in [5.74, 6) is 0.383. The molecule has 3 aromatic rings. The van der Waals surface area contributed by atoms with E-state index in [1.807, 2.05) is 0 Å². The van der Waals surface area contributed by atoms with Crippen molar-refractivity contribution in [2.75, 3.05) is 40.5 Å². The van der Waals surface area contributed by atoms with Crippen molar-refractivity contribution < 1.29 is 27.4 Å². The van der Waals surface area contributed by atoms with Gasteiger partial charge in [0.25, 0.3) is 15.9 Å².